The summed E-state index contributed by atoms with van der Waals surface area (Å²) < 4.78 is 0. The Morgan fingerprint density at radius 1 is 1.52 bits per heavy atom. The van der Waals surface area contributed by atoms with Crippen LogP contribution in [0.25, 0.3) is 0 Å². The number of hydrogen-bond acceptors (Lipinski definition) is 5. The molecule has 0 spiro atoms. The van der Waals surface area contributed by atoms with Gasteiger partial charge in [0.25, 0.3) is 0 Å². The molecule has 6 heteroatoms. The first-order valence-electron chi connectivity index (χ1n) is 7.98. The number of anilines is 2. The number of nitrogens with one attached hydrogen (secondary N) is 2. The molecule has 0 saturated heterocycles. The fourth-order valence-corrected chi connectivity index (χ4v) is 3.07. The van der Waals surface area contributed by atoms with Crippen molar-refractivity contribution in [3.8, 4) is 6.07 Å². The van der Waals surface area contributed by atoms with Crippen LogP contribution < -0.4 is 15.5 Å². The molecule has 1 amide bonds. The largest absolute Gasteiger partial charge is 0.390 e. The van der Waals surface area contributed by atoms with E-state index >= 15 is 0 Å². The second-order valence-corrected chi connectivity index (χ2v) is 6.94. The molecule has 0 radical (unpaired) electrons. The van der Waals surface area contributed by atoms with E-state index in [9.17, 15) is 9.90 Å². The van der Waals surface area contributed by atoms with Crippen LogP contribution in [0.3, 0.4) is 0 Å². The number of hydrogen-bond donors (Lipinski definition) is 3. The highest BCUT2D eigenvalue weighted by Crippen LogP contribution is 2.40. The Morgan fingerprint density at radius 3 is 2.83 bits per heavy atom. The van der Waals surface area contributed by atoms with Crippen LogP contribution in [0.2, 0.25) is 0 Å². The maximum absolute atomic E-state index is 12.2. The van der Waals surface area contributed by atoms with Crippen LogP contribution in [0.5, 0.6) is 0 Å². The van der Waals surface area contributed by atoms with Crippen molar-refractivity contribution in [1.29, 1.82) is 5.26 Å². The van der Waals surface area contributed by atoms with Gasteiger partial charge in [0.15, 0.2) is 6.29 Å². The van der Waals surface area contributed by atoms with E-state index in [-0.39, 0.29) is 18.6 Å². The monoisotopic (exact) mass is 314 g/mol. The summed E-state index contributed by atoms with van der Waals surface area (Å²) in [6.07, 6.45) is 3.05. The summed E-state index contributed by atoms with van der Waals surface area (Å²) in [6, 6.07) is 8.04. The normalized spacial score (nSPS) is 20.3. The second kappa shape index (κ2) is 5.74. The SMILES string of the molecule is CC(C)(O)CC(=O)NC1Nc2ccc(C#N)cc2N1C1CCC1. The Balaban J connectivity index is 1.81. The fourth-order valence-electron chi connectivity index (χ4n) is 3.07. The molecule has 3 rings (SSSR count). The lowest BCUT2D eigenvalue weighted by atomic mass is 9.91. The van der Waals surface area contributed by atoms with Gasteiger partial charge in [0.1, 0.15) is 0 Å². The van der Waals surface area contributed by atoms with E-state index in [1.807, 2.05) is 12.1 Å². The van der Waals surface area contributed by atoms with Crippen LogP contribution in [-0.4, -0.2) is 28.9 Å². The first kappa shape index (κ1) is 15.6. The van der Waals surface area contributed by atoms with E-state index < -0.39 is 5.60 Å². The van der Waals surface area contributed by atoms with E-state index in [0.717, 1.165) is 24.2 Å². The summed E-state index contributed by atoms with van der Waals surface area (Å²) in [7, 11) is 0. The fraction of sp³-hybridized carbons (Fsp3) is 0.529. The van der Waals surface area contributed by atoms with Crippen molar-refractivity contribution in [3.63, 3.8) is 0 Å². The van der Waals surface area contributed by atoms with Gasteiger partial charge in [-0.25, -0.2) is 0 Å². The van der Waals surface area contributed by atoms with Crippen molar-refractivity contribution < 1.29 is 9.90 Å². The summed E-state index contributed by atoms with van der Waals surface area (Å²) in [6.45, 7) is 3.23. The van der Waals surface area contributed by atoms with Gasteiger partial charge in [-0.2, -0.15) is 5.26 Å². The minimum atomic E-state index is -1.04. The van der Waals surface area contributed by atoms with E-state index in [1.54, 1.807) is 19.9 Å². The van der Waals surface area contributed by atoms with Gasteiger partial charge < -0.3 is 20.6 Å². The van der Waals surface area contributed by atoms with Gasteiger partial charge in [-0.05, 0) is 51.3 Å². The molecule has 23 heavy (non-hydrogen) atoms. The smallest absolute Gasteiger partial charge is 0.225 e. The van der Waals surface area contributed by atoms with E-state index in [0.29, 0.717) is 11.6 Å². The van der Waals surface area contributed by atoms with Crippen molar-refractivity contribution in [2.75, 3.05) is 10.2 Å². The zero-order valence-electron chi connectivity index (χ0n) is 13.5. The van der Waals surface area contributed by atoms with Crippen LogP contribution in [0.1, 0.15) is 45.1 Å². The summed E-state index contributed by atoms with van der Waals surface area (Å²) in [4.78, 5) is 14.3. The van der Waals surface area contributed by atoms with Crippen LogP contribution in [0.15, 0.2) is 18.2 Å². The van der Waals surface area contributed by atoms with Crippen molar-refractivity contribution in [1.82, 2.24) is 5.32 Å². The Bertz CT molecular complexity index is 656. The third kappa shape index (κ3) is 3.25. The number of nitriles is 1. The standard InChI is InChI=1S/C17H22N4O2/c1-17(2,23)9-15(22)20-16-19-13-7-6-11(10-18)8-14(13)21(16)12-4-3-5-12/h6-8,12,16,19,23H,3-5,9H2,1-2H3,(H,20,22). The lowest BCUT2D eigenvalue weighted by Gasteiger charge is -2.40. The highest BCUT2D eigenvalue weighted by Gasteiger charge is 2.38. The minimum absolute atomic E-state index is 0.0451. The molecule has 1 heterocycles. The maximum atomic E-state index is 12.2. The van der Waals surface area contributed by atoms with Crippen LogP contribution in [0, 0.1) is 11.3 Å². The predicted octanol–water partition coefficient (Wildman–Crippen LogP) is 1.90. The molecule has 122 valence electrons. The Morgan fingerprint density at radius 2 is 2.26 bits per heavy atom. The molecule has 1 atom stereocenters. The summed E-state index contributed by atoms with van der Waals surface area (Å²) in [5.74, 6) is -0.201. The number of amides is 1. The third-order valence-electron chi connectivity index (χ3n) is 4.33. The maximum Gasteiger partial charge on any atom is 0.225 e. The topological polar surface area (TPSA) is 88.4 Å². The van der Waals surface area contributed by atoms with Crippen molar-refractivity contribution in [3.05, 3.63) is 23.8 Å². The lowest BCUT2D eigenvalue weighted by molar-refractivity contribution is -0.125. The van der Waals surface area contributed by atoms with Crippen molar-refractivity contribution in [2.24, 2.45) is 0 Å². The van der Waals surface area contributed by atoms with E-state index in [4.69, 9.17) is 5.26 Å². The number of carbonyl (C=O) groups is 1. The minimum Gasteiger partial charge on any atom is -0.390 e. The summed E-state index contributed by atoms with van der Waals surface area (Å²) in [5.41, 5.74) is 1.45. The second-order valence-electron chi connectivity index (χ2n) is 6.94. The first-order valence-corrected chi connectivity index (χ1v) is 7.98. The molecule has 0 bridgehead atoms. The number of carbonyl (C=O) groups excluding carboxylic acids is 1. The zero-order chi connectivity index (χ0) is 16.6. The molecule has 0 aromatic heterocycles. The Labute approximate surface area is 136 Å². The molecule has 1 unspecified atom stereocenters. The van der Waals surface area contributed by atoms with E-state index in [1.165, 1.54) is 6.42 Å². The highest BCUT2D eigenvalue weighted by molar-refractivity contribution is 5.82. The van der Waals surface area contributed by atoms with Crippen LogP contribution in [0.4, 0.5) is 11.4 Å². The number of aliphatic hydroxyl groups is 1. The molecular formula is C17H22N4O2. The van der Waals surface area contributed by atoms with Gasteiger partial charge >= 0.3 is 0 Å². The van der Waals surface area contributed by atoms with Gasteiger partial charge in [0.2, 0.25) is 5.91 Å². The molecule has 1 aromatic rings. The zero-order valence-corrected chi connectivity index (χ0v) is 13.5. The average molecular weight is 314 g/mol. The molecule has 1 aliphatic carbocycles. The summed E-state index contributed by atoms with van der Waals surface area (Å²) >= 11 is 0. The van der Waals surface area contributed by atoms with Crippen molar-refractivity contribution in [2.45, 2.75) is 57.5 Å². The Hall–Kier alpha value is -2.26. The van der Waals surface area contributed by atoms with Crippen LogP contribution >= 0.6 is 0 Å². The molecule has 3 N–H and O–H groups in total. The van der Waals surface area contributed by atoms with Gasteiger partial charge in [-0.3, -0.25) is 4.79 Å². The van der Waals surface area contributed by atoms with Gasteiger partial charge in [-0.1, -0.05) is 0 Å². The molecular weight excluding hydrogens is 292 g/mol. The quantitative estimate of drug-likeness (QED) is 0.790. The van der Waals surface area contributed by atoms with Gasteiger partial charge in [0, 0.05) is 6.04 Å². The number of benzene rings is 1. The van der Waals surface area contributed by atoms with Gasteiger partial charge in [-0.15, -0.1) is 0 Å². The number of fused-ring (bicyclic) bond motifs is 1. The molecule has 1 aromatic carbocycles. The lowest BCUT2D eigenvalue weighted by Crippen LogP contribution is -2.56. The first-order chi connectivity index (χ1) is 10.9. The molecule has 1 saturated carbocycles. The summed E-state index contributed by atoms with van der Waals surface area (Å²) in [5, 5.41) is 25.2. The molecule has 1 aliphatic heterocycles. The molecule has 6 nitrogen and oxygen atoms in total. The molecule has 2 aliphatic rings. The van der Waals surface area contributed by atoms with Gasteiger partial charge in [0.05, 0.1) is 35.0 Å². The Kier molecular flexibility index (Phi) is 3.90. The highest BCUT2D eigenvalue weighted by atomic mass is 16.3. The molecule has 1 fully saturated rings. The number of nitrogens with zero attached hydrogens (tertiary/aromatic N) is 2. The van der Waals surface area contributed by atoms with Crippen molar-refractivity contribution >= 4 is 17.3 Å². The average Bonchev–Trinajstić information content (AvgIpc) is 2.72. The van der Waals surface area contributed by atoms with Crippen LogP contribution in [-0.2, 0) is 4.79 Å². The third-order valence-corrected chi connectivity index (χ3v) is 4.33. The predicted molar refractivity (Wildman–Crippen MR) is 87.7 cm³/mol. The number of rotatable bonds is 4. The van der Waals surface area contributed by atoms with E-state index in [2.05, 4.69) is 21.6 Å².